The average Bonchev–Trinajstić information content (AvgIpc) is 3.02. The summed E-state index contributed by atoms with van der Waals surface area (Å²) in [6.07, 6.45) is 21.2. The SMILES string of the molecule is CCCCCCCCCCCCCCCCCC(=O)Nc1ccc(C(=O)N/N=C/c2ccc(OCC(=O)O)cc2)c(OC)c1. The molecule has 242 valence electrons. The van der Waals surface area contributed by atoms with E-state index in [0.717, 1.165) is 19.3 Å². The fraction of sp³-hybridized carbons (Fsp3) is 0.543. The first-order valence-corrected chi connectivity index (χ1v) is 16.2. The van der Waals surface area contributed by atoms with Crippen LogP contribution in [0.3, 0.4) is 0 Å². The van der Waals surface area contributed by atoms with Gasteiger partial charge in [-0.1, -0.05) is 96.8 Å². The second kappa shape index (κ2) is 22.6. The van der Waals surface area contributed by atoms with Crippen LogP contribution < -0.4 is 20.2 Å². The second-order valence-corrected chi connectivity index (χ2v) is 11.1. The Labute approximate surface area is 262 Å². The van der Waals surface area contributed by atoms with Crippen LogP contribution in [0.4, 0.5) is 5.69 Å². The van der Waals surface area contributed by atoms with Gasteiger partial charge < -0.3 is 19.9 Å². The monoisotopic (exact) mass is 609 g/mol. The van der Waals surface area contributed by atoms with Gasteiger partial charge in [-0.3, -0.25) is 9.59 Å². The van der Waals surface area contributed by atoms with Crippen LogP contribution in [0, 0.1) is 0 Å². The summed E-state index contributed by atoms with van der Waals surface area (Å²) >= 11 is 0. The lowest BCUT2D eigenvalue weighted by Gasteiger charge is -2.11. The summed E-state index contributed by atoms with van der Waals surface area (Å²) in [5, 5.41) is 15.5. The van der Waals surface area contributed by atoms with E-state index in [-0.39, 0.29) is 11.5 Å². The molecule has 3 N–H and O–H groups in total. The number of methoxy groups -OCH3 is 1. The first-order valence-electron chi connectivity index (χ1n) is 16.2. The van der Waals surface area contributed by atoms with E-state index in [1.54, 1.807) is 42.5 Å². The van der Waals surface area contributed by atoms with E-state index in [1.165, 1.54) is 90.4 Å². The first kappa shape index (κ1) is 36.3. The van der Waals surface area contributed by atoms with Crippen molar-refractivity contribution in [2.24, 2.45) is 5.10 Å². The maximum atomic E-state index is 12.7. The molecule has 0 spiro atoms. The summed E-state index contributed by atoms with van der Waals surface area (Å²) in [5.41, 5.74) is 4.00. The topological polar surface area (TPSA) is 126 Å². The molecular weight excluding hydrogens is 558 g/mol. The van der Waals surface area contributed by atoms with Crippen molar-refractivity contribution in [2.45, 2.75) is 110 Å². The number of hydrogen-bond acceptors (Lipinski definition) is 6. The predicted octanol–water partition coefficient (Wildman–Crippen LogP) is 8.12. The Morgan fingerprint density at radius 2 is 1.36 bits per heavy atom. The van der Waals surface area contributed by atoms with Gasteiger partial charge in [-0.05, 0) is 48.4 Å². The fourth-order valence-corrected chi connectivity index (χ4v) is 4.86. The van der Waals surface area contributed by atoms with Gasteiger partial charge in [0.05, 0.1) is 18.9 Å². The summed E-state index contributed by atoms with van der Waals surface area (Å²) in [7, 11) is 1.46. The molecule has 2 aromatic rings. The Morgan fingerprint density at radius 1 is 0.795 bits per heavy atom. The number of rotatable bonds is 24. The van der Waals surface area contributed by atoms with Gasteiger partial charge in [0.25, 0.3) is 5.91 Å². The zero-order valence-electron chi connectivity index (χ0n) is 26.6. The number of aliphatic carboxylic acids is 1. The Balaban J connectivity index is 1.61. The van der Waals surface area contributed by atoms with E-state index in [9.17, 15) is 14.4 Å². The molecule has 0 bridgehead atoms. The van der Waals surface area contributed by atoms with Gasteiger partial charge in [0.2, 0.25) is 5.91 Å². The lowest BCUT2D eigenvalue weighted by atomic mass is 10.0. The molecule has 0 unspecified atom stereocenters. The molecule has 9 heteroatoms. The van der Waals surface area contributed by atoms with Crippen LogP contribution in [0.25, 0.3) is 0 Å². The minimum Gasteiger partial charge on any atom is -0.496 e. The number of ether oxygens (including phenoxy) is 2. The predicted molar refractivity (Wildman–Crippen MR) is 176 cm³/mol. The number of amides is 2. The molecule has 0 radical (unpaired) electrons. The number of nitrogens with zero attached hydrogens (tertiary/aromatic N) is 1. The molecule has 0 aromatic heterocycles. The molecule has 0 heterocycles. The highest BCUT2D eigenvalue weighted by molar-refractivity contribution is 5.99. The number of unbranched alkanes of at least 4 members (excludes halogenated alkanes) is 14. The molecule has 44 heavy (non-hydrogen) atoms. The highest BCUT2D eigenvalue weighted by atomic mass is 16.5. The van der Waals surface area contributed by atoms with Gasteiger partial charge >= 0.3 is 5.97 Å². The molecule has 2 amide bonds. The summed E-state index contributed by atoms with van der Waals surface area (Å²) in [6, 6.07) is 11.5. The van der Waals surface area contributed by atoms with E-state index < -0.39 is 18.5 Å². The lowest BCUT2D eigenvalue weighted by molar-refractivity contribution is -0.139. The van der Waals surface area contributed by atoms with Gasteiger partial charge in [0, 0.05) is 18.2 Å². The zero-order valence-corrected chi connectivity index (χ0v) is 26.6. The minimum atomic E-state index is -1.06. The number of carbonyl (C=O) groups excluding carboxylic acids is 2. The number of benzene rings is 2. The summed E-state index contributed by atoms with van der Waals surface area (Å²) in [5.74, 6) is -0.833. The Hall–Kier alpha value is -3.88. The number of carboxylic acids is 1. The smallest absolute Gasteiger partial charge is 0.341 e. The van der Waals surface area contributed by atoms with Crippen LogP contribution in [0.1, 0.15) is 126 Å². The number of carbonyl (C=O) groups is 3. The highest BCUT2D eigenvalue weighted by Crippen LogP contribution is 2.24. The highest BCUT2D eigenvalue weighted by Gasteiger charge is 2.13. The zero-order chi connectivity index (χ0) is 31.8. The van der Waals surface area contributed by atoms with Crippen molar-refractivity contribution in [2.75, 3.05) is 19.0 Å². The van der Waals surface area contributed by atoms with Crippen molar-refractivity contribution in [1.29, 1.82) is 0 Å². The molecular formula is C35H51N3O6. The van der Waals surface area contributed by atoms with E-state index >= 15 is 0 Å². The quantitative estimate of drug-likeness (QED) is 0.0627. The molecule has 0 aliphatic carbocycles. The Bertz CT molecular complexity index is 1150. The number of carboxylic acid groups (broad SMARTS) is 1. The van der Waals surface area contributed by atoms with E-state index in [2.05, 4.69) is 22.8 Å². The third kappa shape index (κ3) is 16.1. The molecule has 0 saturated carbocycles. The maximum absolute atomic E-state index is 12.7. The van der Waals surface area contributed by atoms with Crippen molar-refractivity contribution in [1.82, 2.24) is 5.43 Å². The van der Waals surface area contributed by atoms with Crippen molar-refractivity contribution >= 4 is 29.7 Å². The summed E-state index contributed by atoms with van der Waals surface area (Å²) < 4.78 is 10.5. The van der Waals surface area contributed by atoms with Crippen LogP contribution >= 0.6 is 0 Å². The summed E-state index contributed by atoms with van der Waals surface area (Å²) in [4.78, 5) is 35.7. The normalized spacial score (nSPS) is 11.0. The number of nitrogens with one attached hydrogen (secondary N) is 2. The van der Waals surface area contributed by atoms with Gasteiger partial charge in [-0.15, -0.1) is 0 Å². The van der Waals surface area contributed by atoms with E-state index in [0.29, 0.717) is 29.2 Å². The number of hydrazone groups is 1. The van der Waals surface area contributed by atoms with Crippen molar-refractivity contribution < 1.29 is 29.0 Å². The molecule has 9 nitrogen and oxygen atoms in total. The van der Waals surface area contributed by atoms with Crippen molar-refractivity contribution in [3.63, 3.8) is 0 Å². The molecule has 0 aliphatic rings. The summed E-state index contributed by atoms with van der Waals surface area (Å²) in [6.45, 7) is 1.84. The number of anilines is 1. The van der Waals surface area contributed by atoms with Gasteiger partial charge in [-0.2, -0.15) is 5.10 Å². The third-order valence-electron chi connectivity index (χ3n) is 7.36. The second-order valence-electron chi connectivity index (χ2n) is 11.1. The van der Waals surface area contributed by atoms with Crippen LogP contribution in [-0.2, 0) is 9.59 Å². The molecule has 0 fully saturated rings. The van der Waals surface area contributed by atoms with Crippen molar-refractivity contribution in [3.8, 4) is 11.5 Å². The van der Waals surface area contributed by atoms with E-state index in [1.807, 2.05) is 0 Å². The van der Waals surface area contributed by atoms with Gasteiger partial charge in [0.15, 0.2) is 6.61 Å². The van der Waals surface area contributed by atoms with Crippen LogP contribution in [0.5, 0.6) is 11.5 Å². The molecule has 0 aliphatic heterocycles. The Kier molecular flexibility index (Phi) is 18.7. The van der Waals surface area contributed by atoms with Gasteiger partial charge in [0.1, 0.15) is 11.5 Å². The van der Waals surface area contributed by atoms with Gasteiger partial charge in [-0.25, -0.2) is 10.2 Å². The molecule has 0 saturated heterocycles. The first-order chi connectivity index (χ1) is 21.4. The maximum Gasteiger partial charge on any atom is 0.341 e. The number of hydrogen-bond donors (Lipinski definition) is 3. The molecule has 0 atom stereocenters. The lowest BCUT2D eigenvalue weighted by Crippen LogP contribution is -2.19. The van der Waals surface area contributed by atoms with Crippen LogP contribution in [-0.4, -0.2) is 42.8 Å². The third-order valence-corrected chi connectivity index (χ3v) is 7.36. The molecule has 2 rings (SSSR count). The van der Waals surface area contributed by atoms with Crippen LogP contribution in [0.2, 0.25) is 0 Å². The van der Waals surface area contributed by atoms with Crippen LogP contribution in [0.15, 0.2) is 47.6 Å². The minimum absolute atomic E-state index is 0.0528. The molecule has 2 aromatic carbocycles. The standard InChI is InChI=1S/C35H51N3O6/c1-3-4-5-6-7-8-9-10-11-12-13-14-15-16-17-18-33(39)37-29-21-24-31(32(25-29)43-2)35(42)38-36-26-28-19-22-30(23-20-28)44-27-34(40)41/h19-26H,3-18,27H2,1-2H3,(H,37,39)(H,38,42)(H,40,41)/b36-26+. The Morgan fingerprint density at radius 3 is 1.91 bits per heavy atom. The largest absolute Gasteiger partial charge is 0.496 e. The average molecular weight is 610 g/mol. The fourth-order valence-electron chi connectivity index (χ4n) is 4.86. The van der Waals surface area contributed by atoms with E-state index in [4.69, 9.17) is 14.6 Å². The van der Waals surface area contributed by atoms with Crippen molar-refractivity contribution in [3.05, 3.63) is 53.6 Å².